The maximum absolute atomic E-state index is 8.98. The minimum atomic E-state index is -0.434. The van der Waals surface area contributed by atoms with E-state index in [4.69, 9.17) is 10.00 Å². The monoisotopic (exact) mass is 189 g/mol. The molecular weight excluding hydrogens is 174 g/mol. The molecule has 0 N–H and O–H groups in total. The minimum absolute atomic E-state index is 0.434. The Morgan fingerprint density at radius 3 is 2.43 bits per heavy atom. The lowest BCUT2D eigenvalue weighted by molar-refractivity contribution is 0.411. The maximum atomic E-state index is 8.98. The molecule has 1 aromatic rings. The van der Waals surface area contributed by atoms with Gasteiger partial charge in [-0.3, -0.25) is 0 Å². The van der Waals surface area contributed by atoms with Gasteiger partial charge in [-0.25, -0.2) is 0 Å². The van der Waals surface area contributed by atoms with Gasteiger partial charge in [0.1, 0.15) is 5.75 Å². The van der Waals surface area contributed by atoms with Crippen molar-refractivity contribution >= 4 is 0 Å². The molecule has 0 atom stereocenters. The van der Waals surface area contributed by atoms with Crippen molar-refractivity contribution in [2.24, 2.45) is 0 Å². The summed E-state index contributed by atoms with van der Waals surface area (Å²) in [6.07, 6.45) is 0. The van der Waals surface area contributed by atoms with Gasteiger partial charge in [0.25, 0.3) is 0 Å². The molecular formula is C12H15NO. The first kappa shape index (κ1) is 10.6. The van der Waals surface area contributed by atoms with Gasteiger partial charge in [-0.1, -0.05) is 12.1 Å². The smallest absolute Gasteiger partial charge is 0.121 e. The summed E-state index contributed by atoms with van der Waals surface area (Å²) in [7, 11) is 1.65. The standard InChI is InChI=1S/C12H15NO/c1-9-7-10(12(2,3)8-13)5-6-11(9)14-4/h5-7H,1-4H3. The number of methoxy groups -OCH3 is 1. The Kier molecular flexibility index (Phi) is 2.81. The summed E-state index contributed by atoms with van der Waals surface area (Å²) >= 11 is 0. The molecule has 0 heterocycles. The van der Waals surface area contributed by atoms with Crippen molar-refractivity contribution in [3.8, 4) is 11.8 Å². The molecule has 0 aromatic heterocycles. The molecule has 2 nitrogen and oxygen atoms in total. The summed E-state index contributed by atoms with van der Waals surface area (Å²) in [5.74, 6) is 0.863. The van der Waals surface area contributed by atoms with Gasteiger partial charge in [-0.05, 0) is 38.0 Å². The Bertz CT molecular complexity index is 374. The number of benzene rings is 1. The van der Waals surface area contributed by atoms with Crippen LogP contribution in [0.5, 0.6) is 5.75 Å². The first-order chi connectivity index (χ1) is 6.51. The summed E-state index contributed by atoms with van der Waals surface area (Å²) in [5, 5.41) is 8.98. The van der Waals surface area contributed by atoms with E-state index in [-0.39, 0.29) is 0 Å². The van der Waals surface area contributed by atoms with Crippen LogP contribution in [0.4, 0.5) is 0 Å². The number of nitrogens with zero attached hydrogens (tertiary/aromatic N) is 1. The van der Waals surface area contributed by atoms with Crippen molar-refractivity contribution in [3.05, 3.63) is 29.3 Å². The molecule has 0 saturated heterocycles. The van der Waals surface area contributed by atoms with Gasteiger partial charge in [0.05, 0.1) is 18.6 Å². The third-order valence-corrected chi connectivity index (χ3v) is 2.40. The molecule has 2 heteroatoms. The highest BCUT2D eigenvalue weighted by atomic mass is 16.5. The van der Waals surface area contributed by atoms with Crippen LogP contribution in [-0.2, 0) is 5.41 Å². The second-order valence-electron chi connectivity index (χ2n) is 3.92. The number of hydrogen-bond donors (Lipinski definition) is 0. The molecule has 0 fully saturated rings. The van der Waals surface area contributed by atoms with E-state index in [1.165, 1.54) is 0 Å². The molecule has 74 valence electrons. The molecule has 1 aromatic carbocycles. The fourth-order valence-corrected chi connectivity index (χ4v) is 1.33. The van der Waals surface area contributed by atoms with E-state index in [0.717, 1.165) is 16.9 Å². The number of ether oxygens (including phenoxy) is 1. The Morgan fingerprint density at radius 2 is 2.00 bits per heavy atom. The van der Waals surface area contributed by atoms with Crippen molar-refractivity contribution in [1.82, 2.24) is 0 Å². The zero-order chi connectivity index (χ0) is 10.8. The Hall–Kier alpha value is -1.49. The topological polar surface area (TPSA) is 33.0 Å². The number of rotatable bonds is 2. The molecule has 1 rings (SSSR count). The third-order valence-electron chi connectivity index (χ3n) is 2.40. The molecule has 0 unspecified atom stereocenters. The van der Waals surface area contributed by atoms with Crippen molar-refractivity contribution in [3.63, 3.8) is 0 Å². The van der Waals surface area contributed by atoms with Gasteiger partial charge in [0, 0.05) is 0 Å². The Morgan fingerprint density at radius 1 is 1.36 bits per heavy atom. The lowest BCUT2D eigenvalue weighted by Gasteiger charge is -2.17. The summed E-state index contributed by atoms with van der Waals surface area (Å²) in [4.78, 5) is 0. The second-order valence-corrected chi connectivity index (χ2v) is 3.92. The first-order valence-electron chi connectivity index (χ1n) is 4.57. The van der Waals surface area contributed by atoms with Crippen LogP contribution in [0.2, 0.25) is 0 Å². The summed E-state index contributed by atoms with van der Waals surface area (Å²) in [5.41, 5.74) is 1.66. The van der Waals surface area contributed by atoms with Gasteiger partial charge in [-0.2, -0.15) is 5.26 Å². The fraction of sp³-hybridized carbons (Fsp3) is 0.417. The predicted octanol–water partition coefficient (Wildman–Crippen LogP) is 2.80. The van der Waals surface area contributed by atoms with Crippen LogP contribution >= 0.6 is 0 Å². The molecule has 0 aliphatic heterocycles. The van der Waals surface area contributed by atoms with Crippen LogP contribution in [0, 0.1) is 18.3 Å². The van der Waals surface area contributed by atoms with Crippen LogP contribution in [0.25, 0.3) is 0 Å². The van der Waals surface area contributed by atoms with Crippen LogP contribution in [0.15, 0.2) is 18.2 Å². The van der Waals surface area contributed by atoms with E-state index in [0.29, 0.717) is 0 Å². The Balaban J connectivity index is 3.17. The minimum Gasteiger partial charge on any atom is -0.496 e. The highest BCUT2D eigenvalue weighted by molar-refractivity contribution is 5.41. The summed E-state index contributed by atoms with van der Waals surface area (Å²) in [6, 6.07) is 8.13. The van der Waals surface area contributed by atoms with Crippen LogP contribution in [-0.4, -0.2) is 7.11 Å². The van der Waals surface area contributed by atoms with Crippen molar-refractivity contribution < 1.29 is 4.74 Å². The second kappa shape index (κ2) is 3.71. The average molecular weight is 189 g/mol. The Labute approximate surface area is 85.1 Å². The molecule has 0 aliphatic carbocycles. The van der Waals surface area contributed by atoms with Gasteiger partial charge in [0.2, 0.25) is 0 Å². The maximum Gasteiger partial charge on any atom is 0.121 e. The number of aryl methyl sites for hydroxylation is 1. The fourth-order valence-electron chi connectivity index (χ4n) is 1.33. The van der Waals surface area contributed by atoms with Gasteiger partial charge in [-0.15, -0.1) is 0 Å². The zero-order valence-corrected chi connectivity index (χ0v) is 9.09. The highest BCUT2D eigenvalue weighted by Gasteiger charge is 2.20. The van der Waals surface area contributed by atoms with Crippen LogP contribution in [0.1, 0.15) is 25.0 Å². The molecule has 14 heavy (non-hydrogen) atoms. The first-order valence-corrected chi connectivity index (χ1v) is 4.57. The highest BCUT2D eigenvalue weighted by Crippen LogP contribution is 2.27. The van der Waals surface area contributed by atoms with Crippen molar-refractivity contribution in [2.75, 3.05) is 7.11 Å². The zero-order valence-electron chi connectivity index (χ0n) is 9.09. The van der Waals surface area contributed by atoms with E-state index in [1.54, 1.807) is 7.11 Å². The molecule has 0 bridgehead atoms. The molecule has 0 spiro atoms. The molecule has 0 radical (unpaired) electrons. The molecule has 0 amide bonds. The van der Waals surface area contributed by atoms with E-state index < -0.39 is 5.41 Å². The van der Waals surface area contributed by atoms with Crippen LogP contribution < -0.4 is 4.74 Å². The van der Waals surface area contributed by atoms with Crippen molar-refractivity contribution in [1.29, 1.82) is 5.26 Å². The SMILES string of the molecule is COc1ccc(C(C)(C)C#N)cc1C. The van der Waals surface area contributed by atoms with Crippen molar-refractivity contribution in [2.45, 2.75) is 26.2 Å². The van der Waals surface area contributed by atoms with Gasteiger partial charge >= 0.3 is 0 Å². The molecule has 0 saturated carbocycles. The predicted molar refractivity (Wildman–Crippen MR) is 56.4 cm³/mol. The van der Waals surface area contributed by atoms with E-state index in [9.17, 15) is 0 Å². The lowest BCUT2D eigenvalue weighted by Crippen LogP contribution is -2.13. The number of nitriles is 1. The lowest BCUT2D eigenvalue weighted by atomic mass is 9.85. The van der Waals surface area contributed by atoms with E-state index in [1.807, 2.05) is 39.0 Å². The average Bonchev–Trinajstić information content (AvgIpc) is 2.17. The van der Waals surface area contributed by atoms with E-state index >= 15 is 0 Å². The largest absolute Gasteiger partial charge is 0.496 e. The normalized spacial score (nSPS) is 10.8. The molecule has 0 aliphatic rings. The summed E-state index contributed by atoms with van der Waals surface area (Å²) in [6.45, 7) is 5.80. The third kappa shape index (κ3) is 1.88. The van der Waals surface area contributed by atoms with Gasteiger partial charge in [0.15, 0.2) is 0 Å². The quantitative estimate of drug-likeness (QED) is 0.716. The van der Waals surface area contributed by atoms with E-state index in [2.05, 4.69) is 6.07 Å². The number of hydrogen-bond acceptors (Lipinski definition) is 2. The summed E-state index contributed by atoms with van der Waals surface area (Å²) < 4.78 is 5.16. The van der Waals surface area contributed by atoms with Gasteiger partial charge < -0.3 is 4.74 Å². The van der Waals surface area contributed by atoms with Crippen LogP contribution in [0.3, 0.4) is 0 Å².